The maximum absolute atomic E-state index is 6.19. The van der Waals surface area contributed by atoms with Gasteiger partial charge in [0.1, 0.15) is 6.10 Å². The third-order valence-electron chi connectivity index (χ3n) is 3.29. The maximum atomic E-state index is 6.19. The SMILES string of the molecule is COC(CN=C(N)N1CCSCC1)c1ccccc1Cl.I. The monoisotopic (exact) mass is 441 g/mol. The molecule has 21 heavy (non-hydrogen) atoms. The average Bonchev–Trinajstić information content (AvgIpc) is 2.50. The normalized spacial score (nSPS) is 17.2. The van der Waals surface area contributed by atoms with Crippen LogP contribution in [0.2, 0.25) is 5.02 Å². The molecular formula is C14H21ClIN3OS. The summed E-state index contributed by atoms with van der Waals surface area (Å²) in [6, 6.07) is 7.67. The third kappa shape index (κ3) is 5.50. The van der Waals surface area contributed by atoms with Gasteiger partial charge in [-0.2, -0.15) is 11.8 Å². The van der Waals surface area contributed by atoms with E-state index >= 15 is 0 Å². The zero-order valence-corrected chi connectivity index (χ0v) is 15.9. The van der Waals surface area contributed by atoms with Gasteiger partial charge in [0.2, 0.25) is 0 Å². The quantitative estimate of drug-likeness (QED) is 0.443. The van der Waals surface area contributed by atoms with Gasteiger partial charge in [0.05, 0.1) is 6.54 Å². The first-order valence-corrected chi connectivity index (χ1v) is 8.15. The van der Waals surface area contributed by atoms with E-state index in [0.29, 0.717) is 17.5 Å². The lowest BCUT2D eigenvalue weighted by molar-refractivity contribution is 0.111. The van der Waals surface area contributed by atoms with E-state index in [1.807, 2.05) is 36.0 Å². The molecule has 1 saturated heterocycles. The average molecular weight is 442 g/mol. The molecule has 0 bridgehead atoms. The van der Waals surface area contributed by atoms with Crippen LogP contribution in [0.3, 0.4) is 0 Å². The van der Waals surface area contributed by atoms with Gasteiger partial charge in [-0.25, -0.2) is 0 Å². The van der Waals surface area contributed by atoms with Crippen molar-refractivity contribution in [1.82, 2.24) is 4.90 Å². The highest BCUT2D eigenvalue weighted by Crippen LogP contribution is 2.25. The molecule has 1 atom stereocenters. The molecule has 1 unspecified atom stereocenters. The third-order valence-corrected chi connectivity index (χ3v) is 4.58. The predicted octanol–water partition coefficient (Wildman–Crippen LogP) is 3.01. The van der Waals surface area contributed by atoms with Gasteiger partial charge in [-0.3, -0.25) is 4.99 Å². The highest BCUT2D eigenvalue weighted by atomic mass is 127. The summed E-state index contributed by atoms with van der Waals surface area (Å²) < 4.78 is 5.49. The standard InChI is InChI=1S/C14H20ClN3OS.HI/c1-19-13(11-4-2-3-5-12(11)15)10-17-14(16)18-6-8-20-9-7-18;/h2-5,13H,6-10H2,1H3,(H2,16,17);1H. The molecule has 4 nitrogen and oxygen atoms in total. The Balaban J connectivity index is 0.00000220. The van der Waals surface area contributed by atoms with Crippen LogP contribution in [0.1, 0.15) is 11.7 Å². The molecule has 118 valence electrons. The van der Waals surface area contributed by atoms with E-state index in [-0.39, 0.29) is 30.1 Å². The molecule has 1 aromatic rings. The van der Waals surface area contributed by atoms with E-state index in [1.54, 1.807) is 7.11 Å². The zero-order valence-electron chi connectivity index (χ0n) is 12.0. The summed E-state index contributed by atoms with van der Waals surface area (Å²) >= 11 is 8.14. The summed E-state index contributed by atoms with van der Waals surface area (Å²) in [4.78, 5) is 6.58. The summed E-state index contributed by atoms with van der Waals surface area (Å²) in [6.45, 7) is 2.41. The fourth-order valence-corrected chi connectivity index (χ4v) is 3.27. The molecule has 1 fully saturated rings. The lowest BCUT2D eigenvalue weighted by Gasteiger charge is -2.27. The fourth-order valence-electron chi connectivity index (χ4n) is 2.10. The Morgan fingerprint density at radius 2 is 2.10 bits per heavy atom. The van der Waals surface area contributed by atoms with Crippen LogP contribution in [0.4, 0.5) is 0 Å². The Morgan fingerprint density at radius 1 is 1.43 bits per heavy atom. The Labute approximate surface area is 152 Å². The van der Waals surface area contributed by atoms with Crippen LogP contribution in [-0.2, 0) is 4.74 Å². The minimum Gasteiger partial charge on any atom is -0.375 e. The number of halogens is 2. The van der Waals surface area contributed by atoms with Gasteiger partial charge in [0.15, 0.2) is 5.96 Å². The van der Waals surface area contributed by atoms with Gasteiger partial charge in [-0.15, -0.1) is 24.0 Å². The molecule has 0 aliphatic carbocycles. The van der Waals surface area contributed by atoms with Crippen LogP contribution in [0, 0.1) is 0 Å². The number of hydrogen-bond donors (Lipinski definition) is 1. The number of methoxy groups -OCH3 is 1. The summed E-state index contributed by atoms with van der Waals surface area (Å²) in [5.41, 5.74) is 6.99. The van der Waals surface area contributed by atoms with E-state index in [1.165, 1.54) is 0 Å². The topological polar surface area (TPSA) is 50.9 Å². The zero-order chi connectivity index (χ0) is 14.4. The molecule has 0 aromatic heterocycles. The first-order valence-electron chi connectivity index (χ1n) is 6.62. The molecule has 0 saturated carbocycles. The molecule has 1 aromatic carbocycles. The molecule has 1 aliphatic heterocycles. The van der Waals surface area contributed by atoms with Crippen LogP contribution in [0.15, 0.2) is 29.3 Å². The van der Waals surface area contributed by atoms with E-state index in [0.717, 1.165) is 30.2 Å². The number of aliphatic imine (C=N–C) groups is 1. The number of benzene rings is 1. The smallest absolute Gasteiger partial charge is 0.191 e. The van der Waals surface area contributed by atoms with Crippen molar-refractivity contribution in [2.24, 2.45) is 10.7 Å². The fraction of sp³-hybridized carbons (Fsp3) is 0.500. The number of nitrogens with zero attached hydrogens (tertiary/aromatic N) is 2. The highest BCUT2D eigenvalue weighted by Gasteiger charge is 2.15. The Kier molecular flexibility index (Phi) is 8.77. The molecule has 0 amide bonds. The lowest BCUT2D eigenvalue weighted by Crippen LogP contribution is -2.42. The van der Waals surface area contributed by atoms with Crippen molar-refractivity contribution in [3.05, 3.63) is 34.9 Å². The molecule has 7 heteroatoms. The first kappa shape index (κ1) is 18.9. The number of hydrogen-bond acceptors (Lipinski definition) is 3. The van der Waals surface area contributed by atoms with Gasteiger partial charge in [-0.05, 0) is 6.07 Å². The van der Waals surface area contributed by atoms with Crippen molar-refractivity contribution in [2.75, 3.05) is 38.2 Å². The lowest BCUT2D eigenvalue weighted by atomic mass is 10.1. The summed E-state index contributed by atoms with van der Waals surface area (Å²) in [5, 5.41) is 0.697. The van der Waals surface area contributed by atoms with Gasteiger partial charge in [-0.1, -0.05) is 29.8 Å². The van der Waals surface area contributed by atoms with Crippen LogP contribution < -0.4 is 5.73 Å². The Bertz CT molecular complexity index is 469. The molecule has 1 aliphatic rings. The minimum absolute atomic E-state index is 0. The number of thioether (sulfide) groups is 1. The van der Waals surface area contributed by atoms with E-state index in [9.17, 15) is 0 Å². The van der Waals surface area contributed by atoms with Crippen LogP contribution in [-0.4, -0.2) is 49.1 Å². The van der Waals surface area contributed by atoms with E-state index < -0.39 is 0 Å². The number of rotatable bonds is 4. The minimum atomic E-state index is -0.165. The van der Waals surface area contributed by atoms with E-state index in [2.05, 4.69) is 9.89 Å². The van der Waals surface area contributed by atoms with Gasteiger partial charge in [0.25, 0.3) is 0 Å². The Morgan fingerprint density at radius 3 is 2.71 bits per heavy atom. The van der Waals surface area contributed by atoms with Crippen molar-refractivity contribution in [1.29, 1.82) is 0 Å². The van der Waals surface area contributed by atoms with Crippen molar-refractivity contribution < 1.29 is 4.74 Å². The van der Waals surface area contributed by atoms with E-state index in [4.69, 9.17) is 22.1 Å². The molecule has 1 heterocycles. The second kappa shape index (κ2) is 9.76. The molecule has 0 radical (unpaired) electrons. The maximum Gasteiger partial charge on any atom is 0.191 e. The Hall–Kier alpha value is -0.180. The van der Waals surface area contributed by atoms with Gasteiger partial charge < -0.3 is 15.4 Å². The largest absolute Gasteiger partial charge is 0.375 e. The summed E-state index contributed by atoms with van der Waals surface area (Å²) in [7, 11) is 1.66. The molecule has 2 N–H and O–H groups in total. The summed E-state index contributed by atoms with van der Waals surface area (Å²) in [5.74, 6) is 2.81. The molecule has 0 spiro atoms. The first-order chi connectivity index (χ1) is 9.72. The molecule has 2 rings (SSSR count). The highest BCUT2D eigenvalue weighted by molar-refractivity contribution is 14.0. The van der Waals surface area contributed by atoms with Crippen molar-refractivity contribution in [3.8, 4) is 0 Å². The van der Waals surface area contributed by atoms with Crippen LogP contribution >= 0.6 is 47.3 Å². The van der Waals surface area contributed by atoms with Crippen molar-refractivity contribution in [2.45, 2.75) is 6.10 Å². The van der Waals surface area contributed by atoms with Crippen LogP contribution in [0.25, 0.3) is 0 Å². The van der Waals surface area contributed by atoms with Crippen LogP contribution in [0.5, 0.6) is 0 Å². The second-order valence-electron chi connectivity index (χ2n) is 4.54. The van der Waals surface area contributed by atoms with Crippen molar-refractivity contribution in [3.63, 3.8) is 0 Å². The predicted molar refractivity (Wildman–Crippen MR) is 102 cm³/mol. The summed E-state index contributed by atoms with van der Waals surface area (Å²) in [6.07, 6.45) is -0.165. The number of guanidine groups is 1. The van der Waals surface area contributed by atoms with Crippen molar-refractivity contribution >= 4 is 53.3 Å². The van der Waals surface area contributed by atoms with Gasteiger partial charge in [0, 0.05) is 42.3 Å². The second-order valence-corrected chi connectivity index (χ2v) is 6.18. The van der Waals surface area contributed by atoms with Gasteiger partial charge >= 0.3 is 0 Å². The number of nitrogens with two attached hydrogens (primary N) is 1. The number of ether oxygens (including phenoxy) is 1. The molecular weight excluding hydrogens is 421 g/mol.